The average Bonchev–Trinajstić information content (AvgIpc) is 2.38. The van der Waals surface area contributed by atoms with Crippen molar-refractivity contribution in [3.05, 3.63) is 71.6 Å². The molecule has 0 N–H and O–H groups in total. The lowest BCUT2D eigenvalue weighted by Crippen LogP contribution is -1.78. The maximum atomic E-state index is 6.84. The Hall–Kier alpha value is -2.40. The standard InChI is InChI=1S/C14H10N2/c1-15-13-9-7-12(8-10-13)11-16-14-5-3-2-4-6-14/h2-11H. The molecule has 0 aliphatic rings. The van der Waals surface area contributed by atoms with E-state index < -0.39 is 0 Å². The van der Waals surface area contributed by atoms with Gasteiger partial charge >= 0.3 is 0 Å². The SMILES string of the molecule is [C-]#[N+]c1ccc(C=Nc2ccccc2)cc1. The maximum Gasteiger partial charge on any atom is 0.187 e. The Morgan fingerprint density at radius 2 is 1.62 bits per heavy atom. The largest absolute Gasteiger partial charge is 0.256 e. The number of nitrogens with zero attached hydrogens (tertiary/aromatic N) is 2. The molecule has 0 amide bonds. The molecule has 2 aromatic rings. The van der Waals surface area contributed by atoms with Crippen molar-refractivity contribution in [3.63, 3.8) is 0 Å². The van der Waals surface area contributed by atoms with Crippen LogP contribution in [0.15, 0.2) is 59.6 Å². The summed E-state index contributed by atoms with van der Waals surface area (Å²) in [6, 6.07) is 17.1. The van der Waals surface area contributed by atoms with Crippen molar-refractivity contribution in [2.24, 2.45) is 4.99 Å². The minimum absolute atomic E-state index is 0.650. The average molecular weight is 206 g/mol. The molecule has 16 heavy (non-hydrogen) atoms. The van der Waals surface area contributed by atoms with Crippen molar-refractivity contribution >= 4 is 17.6 Å². The van der Waals surface area contributed by atoms with Gasteiger partial charge in [0.15, 0.2) is 5.69 Å². The molecular weight excluding hydrogens is 196 g/mol. The summed E-state index contributed by atoms with van der Waals surface area (Å²) in [6.45, 7) is 6.84. The maximum absolute atomic E-state index is 6.84. The highest BCUT2D eigenvalue weighted by atomic mass is 14.7. The lowest BCUT2D eigenvalue weighted by molar-refractivity contribution is 1.53. The van der Waals surface area contributed by atoms with Gasteiger partial charge in [-0.25, -0.2) is 4.85 Å². The molecular formula is C14H10N2. The molecule has 2 heteroatoms. The summed E-state index contributed by atoms with van der Waals surface area (Å²) >= 11 is 0. The first kappa shape index (κ1) is 10.1. The molecule has 0 atom stereocenters. The summed E-state index contributed by atoms with van der Waals surface area (Å²) < 4.78 is 0. The van der Waals surface area contributed by atoms with Gasteiger partial charge < -0.3 is 0 Å². The van der Waals surface area contributed by atoms with E-state index in [1.807, 2.05) is 42.5 Å². The van der Waals surface area contributed by atoms with E-state index in [4.69, 9.17) is 6.57 Å². The summed E-state index contributed by atoms with van der Waals surface area (Å²) in [6.07, 6.45) is 1.79. The van der Waals surface area contributed by atoms with Gasteiger partial charge in [-0.3, -0.25) is 4.99 Å². The quantitative estimate of drug-likeness (QED) is 0.522. The Bertz CT molecular complexity index is 519. The second-order valence-electron chi connectivity index (χ2n) is 3.30. The van der Waals surface area contributed by atoms with Crippen molar-refractivity contribution < 1.29 is 0 Å². The van der Waals surface area contributed by atoms with Crippen LogP contribution in [0.3, 0.4) is 0 Å². The van der Waals surface area contributed by atoms with Crippen molar-refractivity contribution in [2.75, 3.05) is 0 Å². The van der Waals surface area contributed by atoms with Crippen LogP contribution in [-0.4, -0.2) is 6.21 Å². The van der Waals surface area contributed by atoms with Crippen molar-refractivity contribution in [1.29, 1.82) is 0 Å². The zero-order chi connectivity index (χ0) is 11.2. The van der Waals surface area contributed by atoms with E-state index in [2.05, 4.69) is 9.84 Å². The van der Waals surface area contributed by atoms with Gasteiger partial charge in [-0.2, -0.15) is 0 Å². The van der Waals surface area contributed by atoms with Crippen LogP contribution >= 0.6 is 0 Å². The number of benzene rings is 2. The van der Waals surface area contributed by atoms with E-state index in [0.29, 0.717) is 5.69 Å². The minimum Gasteiger partial charge on any atom is -0.256 e. The second kappa shape index (κ2) is 4.90. The minimum atomic E-state index is 0.650. The van der Waals surface area contributed by atoms with E-state index in [9.17, 15) is 0 Å². The summed E-state index contributed by atoms with van der Waals surface area (Å²) in [5.41, 5.74) is 2.57. The molecule has 0 aliphatic carbocycles. The molecule has 0 spiro atoms. The monoisotopic (exact) mass is 206 g/mol. The zero-order valence-electron chi connectivity index (χ0n) is 8.67. The third-order valence-corrected chi connectivity index (χ3v) is 2.14. The Morgan fingerprint density at radius 1 is 0.938 bits per heavy atom. The molecule has 0 aromatic heterocycles. The molecule has 0 aliphatic heterocycles. The highest BCUT2D eigenvalue weighted by Crippen LogP contribution is 2.13. The molecule has 0 radical (unpaired) electrons. The van der Waals surface area contributed by atoms with E-state index in [1.165, 1.54) is 0 Å². The molecule has 0 saturated heterocycles. The Labute approximate surface area is 94.7 Å². The van der Waals surface area contributed by atoms with Gasteiger partial charge in [0.2, 0.25) is 0 Å². The topological polar surface area (TPSA) is 16.7 Å². The molecule has 2 rings (SSSR count). The first-order valence-electron chi connectivity index (χ1n) is 4.95. The van der Waals surface area contributed by atoms with Crippen molar-refractivity contribution in [2.45, 2.75) is 0 Å². The predicted octanol–water partition coefficient (Wildman–Crippen LogP) is 3.99. The Balaban J connectivity index is 2.15. The van der Waals surface area contributed by atoms with E-state index in [-0.39, 0.29) is 0 Å². The molecule has 2 aromatic carbocycles. The summed E-state index contributed by atoms with van der Waals surface area (Å²) in [4.78, 5) is 7.66. The van der Waals surface area contributed by atoms with Crippen LogP contribution < -0.4 is 0 Å². The third-order valence-electron chi connectivity index (χ3n) is 2.14. The van der Waals surface area contributed by atoms with Gasteiger partial charge in [-0.15, -0.1) is 0 Å². The smallest absolute Gasteiger partial charge is 0.187 e. The number of hydrogen-bond donors (Lipinski definition) is 0. The number of aliphatic imine (C=N–C) groups is 1. The first-order chi connectivity index (χ1) is 7.88. The molecule has 0 unspecified atom stereocenters. The fourth-order valence-electron chi connectivity index (χ4n) is 1.30. The van der Waals surface area contributed by atoms with Gasteiger partial charge in [0, 0.05) is 6.21 Å². The zero-order valence-corrected chi connectivity index (χ0v) is 8.67. The first-order valence-corrected chi connectivity index (χ1v) is 4.95. The fourth-order valence-corrected chi connectivity index (χ4v) is 1.30. The molecule has 0 saturated carbocycles. The van der Waals surface area contributed by atoms with Gasteiger partial charge in [0.1, 0.15) is 0 Å². The Morgan fingerprint density at radius 3 is 2.25 bits per heavy atom. The molecule has 0 heterocycles. The number of rotatable bonds is 2. The lowest BCUT2D eigenvalue weighted by atomic mass is 10.2. The molecule has 2 nitrogen and oxygen atoms in total. The lowest BCUT2D eigenvalue weighted by Gasteiger charge is -1.94. The number of para-hydroxylation sites is 1. The van der Waals surface area contributed by atoms with E-state index >= 15 is 0 Å². The molecule has 0 fully saturated rings. The summed E-state index contributed by atoms with van der Waals surface area (Å²) in [5.74, 6) is 0. The number of hydrogen-bond acceptors (Lipinski definition) is 1. The summed E-state index contributed by atoms with van der Waals surface area (Å²) in [7, 11) is 0. The highest BCUT2D eigenvalue weighted by molar-refractivity contribution is 5.82. The van der Waals surface area contributed by atoms with Crippen LogP contribution in [0.2, 0.25) is 0 Å². The van der Waals surface area contributed by atoms with Crippen LogP contribution in [0.5, 0.6) is 0 Å². The van der Waals surface area contributed by atoms with Gasteiger partial charge in [0.25, 0.3) is 0 Å². The van der Waals surface area contributed by atoms with Gasteiger partial charge in [0.05, 0.1) is 12.3 Å². The normalized spacial score (nSPS) is 10.2. The van der Waals surface area contributed by atoms with E-state index in [1.54, 1.807) is 18.3 Å². The molecule has 0 bridgehead atoms. The summed E-state index contributed by atoms with van der Waals surface area (Å²) in [5, 5.41) is 0. The van der Waals surface area contributed by atoms with Gasteiger partial charge in [-0.1, -0.05) is 42.5 Å². The predicted molar refractivity (Wildman–Crippen MR) is 66.4 cm³/mol. The van der Waals surface area contributed by atoms with Crippen LogP contribution in [-0.2, 0) is 0 Å². The van der Waals surface area contributed by atoms with Gasteiger partial charge in [-0.05, 0) is 17.7 Å². The fraction of sp³-hybridized carbons (Fsp3) is 0. The van der Waals surface area contributed by atoms with Crippen LogP contribution in [0.1, 0.15) is 5.56 Å². The third kappa shape index (κ3) is 2.55. The Kier molecular flexibility index (Phi) is 3.10. The van der Waals surface area contributed by atoms with Crippen LogP contribution in [0.25, 0.3) is 4.85 Å². The second-order valence-corrected chi connectivity index (χ2v) is 3.30. The van der Waals surface area contributed by atoms with Crippen molar-refractivity contribution in [1.82, 2.24) is 0 Å². The van der Waals surface area contributed by atoms with Crippen molar-refractivity contribution in [3.8, 4) is 0 Å². The highest BCUT2D eigenvalue weighted by Gasteiger charge is 1.90. The van der Waals surface area contributed by atoms with E-state index in [0.717, 1.165) is 11.3 Å². The van der Waals surface area contributed by atoms with Crippen LogP contribution in [0.4, 0.5) is 11.4 Å². The molecule has 76 valence electrons. The van der Waals surface area contributed by atoms with Crippen LogP contribution in [0, 0.1) is 6.57 Å².